The number of benzene rings is 1. The molecule has 0 saturated carbocycles. The number of quaternary nitrogens is 1. The first-order chi connectivity index (χ1) is 9.38. The normalized spacial score (nSPS) is 11.3. The zero-order valence-corrected chi connectivity index (χ0v) is 13.6. The summed E-state index contributed by atoms with van der Waals surface area (Å²) in [7, 11) is 4.17. The summed E-state index contributed by atoms with van der Waals surface area (Å²) in [5.41, 5.74) is 3.48. The highest BCUT2D eigenvalue weighted by atomic mass is 32.1. The van der Waals surface area contributed by atoms with Crippen molar-refractivity contribution in [3.05, 3.63) is 23.3 Å². The number of anilines is 1. The molecule has 0 fully saturated rings. The number of hydrogen-bond acceptors (Lipinski definition) is 3. The van der Waals surface area contributed by atoms with Crippen molar-refractivity contribution in [3.63, 3.8) is 0 Å². The number of aromatic nitrogens is 1. The summed E-state index contributed by atoms with van der Waals surface area (Å²) in [4.78, 5) is 19.6. The smallest absolute Gasteiger partial charge is 0.225 e. The van der Waals surface area contributed by atoms with Crippen molar-refractivity contribution >= 4 is 32.6 Å². The summed E-state index contributed by atoms with van der Waals surface area (Å²) in [6.45, 7) is 7.41. The van der Waals surface area contributed by atoms with Crippen molar-refractivity contribution in [3.8, 4) is 0 Å². The Labute approximate surface area is 124 Å². The lowest BCUT2D eigenvalue weighted by atomic mass is 10.1. The Kier molecular flexibility index (Phi) is 4.40. The van der Waals surface area contributed by atoms with Gasteiger partial charge in [0.05, 0.1) is 37.4 Å². The van der Waals surface area contributed by atoms with Gasteiger partial charge in [-0.2, -0.15) is 0 Å². The van der Waals surface area contributed by atoms with Gasteiger partial charge in [0.2, 0.25) is 5.91 Å². The molecule has 1 N–H and O–H groups in total. The van der Waals surface area contributed by atoms with E-state index < -0.39 is 0 Å². The van der Waals surface area contributed by atoms with Crippen molar-refractivity contribution in [1.29, 1.82) is 0 Å². The van der Waals surface area contributed by atoms with E-state index >= 15 is 0 Å². The van der Waals surface area contributed by atoms with Gasteiger partial charge in [-0.05, 0) is 37.1 Å². The third-order valence-corrected chi connectivity index (χ3v) is 4.48. The molecular weight excluding hydrogens is 270 g/mol. The number of carbonyl (C=O) groups is 1. The monoisotopic (exact) mass is 292 g/mol. The average molecular weight is 292 g/mol. The molecule has 1 heterocycles. The quantitative estimate of drug-likeness (QED) is 0.925. The van der Waals surface area contributed by atoms with Crippen LogP contribution < -0.4 is 9.80 Å². The minimum absolute atomic E-state index is 0.0544. The van der Waals surface area contributed by atoms with E-state index in [0.29, 0.717) is 6.54 Å². The molecule has 2 aromatic rings. The summed E-state index contributed by atoms with van der Waals surface area (Å²) < 4.78 is 1.14. The van der Waals surface area contributed by atoms with E-state index in [9.17, 15) is 4.79 Å². The molecule has 0 aliphatic heterocycles. The van der Waals surface area contributed by atoms with E-state index in [-0.39, 0.29) is 5.91 Å². The van der Waals surface area contributed by atoms with Gasteiger partial charge in [-0.3, -0.25) is 9.69 Å². The van der Waals surface area contributed by atoms with Gasteiger partial charge in [-0.1, -0.05) is 11.3 Å². The maximum atomic E-state index is 11.9. The van der Waals surface area contributed by atoms with Crippen LogP contribution in [0.3, 0.4) is 0 Å². The Balaban J connectivity index is 2.36. The zero-order valence-electron chi connectivity index (χ0n) is 12.8. The molecule has 0 bridgehead atoms. The molecule has 0 unspecified atom stereocenters. The van der Waals surface area contributed by atoms with Crippen LogP contribution in [-0.4, -0.2) is 38.1 Å². The molecule has 1 aromatic heterocycles. The van der Waals surface area contributed by atoms with Crippen molar-refractivity contribution < 1.29 is 9.69 Å². The number of fused-ring (bicyclic) bond motifs is 1. The van der Waals surface area contributed by atoms with Gasteiger partial charge in [0.25, 0.3) is 0 Å². The summed E-state index contributed by atoms with van der Waals surface area (Å²) in [5, 5.41) is 0.804. The van der Waals surface area contributed by atoms with Gasteiger partial charge in [-0.15, -0.1) is 0 Å². The first-order valence-electron chi connectivity index (χ1n) is 6.83. The van der Waals surface area contributed by atoms with Crippen LogP contribution in [-0.2, 0) is 4.79 Å². The minimum atomic E-state index is 0.0544. The summed E-state index contributed by atoms with van der Waals surface area (Å²) in [6.07, 6.45) is 0. The lowest BCUT2D eigenvalue weighted by Gasteiger charge is -2.18. The van der Waals surface area contributed by atoms with Crippen molar-refractivity contribution in [2.45, 2.75) is 20.8 Å². The van der Waals surface area contributed by atoms with Crippen molar-refractivity contribution in [2.75, 3.05) is 32.1 Å². The second kappa shape index (κ2) is 5.89. The highest BCUT2D eigenvalue weighted by Gasteiger charge is 2.17. The average Bonchev–Trinajstić information content (AvgIpc) is 2.71. The molecule has 2 rings (SSSR count). The SMILES string of the molecule is CC(=O)N(CC[NH+](C)C)c1nc2cc(C)c(C)cc2s1. The molecular formula is C15H22N3OS+. The lowest BCUT2D eigenvalue weighted by Crippen LogP contribution is -3.06. The Hall–Kier alpha value is -1.46. The van der Waals surface area contributed by atoms with Gasteiger partial charge < -0.3 is 4.90 Å². The van der Waals surface area contributed by atoms with Crippen LogP contribution in [0.1, 0.15) is 18.1 Å². The van der Waals surface area contributed by atoms with E-state index in [0.717, 1.165) is 21.9 Å². The molecule has 0 aliphatic carbocycles. The van der Waals surface area contributed by atoms with Crippen LogP contribution >= 0.6 is 11.3 Å². The molecule has 108 valence electrons. The van der Waals surface area contributed by atoms with E-state index in [4.69, 9.17) is 0 Å². The third kappa shape index (κ3) is 3.16. The zero-order chi connectivity index (χ0) is 14.9. The Morgan fingerprint density at radius 1 is 1.30 bits per heavy atom. The van der Waals surface area contributed by atoms with Gasteiger partial charge in [-0.25, -0.2) is 4.98 Å². The third-order valence-electron chi connectivity index (χ3n) is 3.44. The molecule has 1 amide bonds. The van der Waals surface area contributed by atoms with E-state index in [1.54, 1.807) is 23.2 Å². The second-order valence-corrected chi connectivity index (χ2v) is 6.54. The molecule has 20 heavy (non-hydrogen) atoms. The van der Waals surface area contributed by atoms with Crippen LogP contribution in [0.2, 0.25) is 0 Å². The number of amides is 1. The summed E-state index contributed by atoms with van der Waals surface area (Å²) in [5.74, 6) is 0.0544. The fourth-order valence-electron chi connectivity index (χ4n) is 2.01. The molecule has 5 heteroatoms. The van der Waals surface area contributed by atoms with Crippen molar-refractivity contribution in [1.82, 2.24) is 4.98 Å². The van der Waals surface area contributed by atoms with Gasteiger partial charge in [0, 0.05) is 6.92 Å². The number of aryl methyl sites for hydroxylation is 2. The van der Waals surface area contributed by atoms with Gasteiger partial charge in [0.15, 0.2) is 5.13 Å². The summed E-state index contributed by atoms with van der Waals surface area (Å²) in [6, 6.07) is 4.25. The molecule has 0 radical (unpaired) electrons. The maximum Gasteiger partial charge on any atom is 0.225 e. The molecule has 1 aromatic carbocycles. The predicted octanol–water partition coefficient (Wildman–Crippen LogP) is 1.41. The lowest BCUT2D eigenvalue weighted by molar-refractivity contribution is -0.856. The fourth-order valence-corrected chi connectivity index (χ4v) is 3.12. The first-order valence-corrected chi connectivity index (χ1v) is 7.65. The van der Waals surface area contributed by atoms with E-state index in [1.807, 2.05) is 0 Å². The second-order valence-electron chi connectivity index (χ2n) is 5.53. The molecule has 0 spiro atoms. The number of nitrogens with zero attached hydrogens (tertiary/aromatic N) is 2. The number of likely N-dealkylation sites (N-methyl/N-ethyl adjacent to an activating group) is 1. The fraction of sp³-hybridized carbons (Fsp3) is 0.467. The van der Waals surface area contributed by atoms with Crippen LogP contribution in [0.25, 0.3) is 10.2 Å². The number of hydrogen-bond donors (Lipinski definition) is 1. The first kappa shape index (κ1) is 14.9. The number of nitrogens with one attached hydrogen (secondary N) is 1. The van der Waals surface area contributed by atoms with E-state index in [1.165, 1.54) is 16.0 Å². The Morgan fingerprint density at radius 2 is 1.95 bits per heavy atom. The molecule has 0 aliphatic rings. The van der Waals surface area contributed by atoms with Crippen LogP contribution in [0.4, 0.5) is 5.13 Å². The number of carbonyl (C=O) groups excluding carboxylic acids is 1. The topological polar surface area (TPSA) is 37.6 Å². The molecule has 0 atom stereocenters. The highest BCUT2D eigenvalue weighted by molar-refractivity contribution is 7.22. The largest absolute Gasteiger partial charge is 0.338 e. The Bertz CT molecular complexity index is 594. The number of rotatable bonds is 4. The highest BCUT2D eigenvalue weighted by Crippen LogP contribution is 2.30. The van der Waals surface area contributed by atoms with Gasteiger partial charge >= 0.3 is 0 Å². The predicted molar refractivity (Wildman–Crippen MR) is 84.8 cm³/mol. The Morgan fingerprint density at radius 3 is 2.55 bits per heavy atom. The molecule has 4 nitrogen and oxygen atoms in total. The van der Waals surface area contributed by atoms with Crippen LogP contribution in [0, 0.1) is 13.8 Å². The maximum absolute atomic E-state index is 11.9. The van der Waals surface area contributed by atoms with Crippen LogP contribution in [0.15, 0.2) is 12.1 Å². The minimum Gasteiger partial charge on any atom is -0.338 e. The van der Waals surface area contributed by atoms with Crippen molar-refractivity contribution in [2.24, 2.45) is 0 Å². The van der Waals surface area contributed by atoms with Crippen LogP contribution in [0.5, 0.6) is 0 Å². The van der Waals surface area contributed by atoms with Gasteiger partial charge in [0.1, 0.15) is 0 Å². The number of thiazole rings is 1. The summed E-state index contributed by atoms with van der Waals surface area (Å²) >= 11 is 1.59. The molecule has 0 saturated heterocycles. The van der Waals surface area contributed by atoms with E-state index in [2.05, 4.69) is 45.1 Å². The standard InChI is InChI=1S/C15H21N3OS/c1-10-8-13-14(9-11(10)2)20-15(16-13)18(12(3)19)7-6-17(4)5/h8-9H,6-7H2,1-5H3/p+1.